The molecule has 2 aromatic heterocycles. The third-order valence-electron chi connectivity index (χ3n) is 5.60. The van der Waals surface area contributed by atoms with E-state index in [0.717, 1.165) is 5.56 Å². The Labute approximate surface area is 186 Å². The lowest BCUT2D eigenvalue weighted by Gasteiger charge is -2.16. The fourth-order valence-electron chi connectivity index (χ4n) is 4.03. The van der Waals surface area contributed by atoms with Crippen LogP contribution in [0, 0.1) is 12.7 Å². The van der Waals surface area contributed by atoms with Crippen molar-refractivity contribution in [3.63, 3.8) is 0 Å². The lowest BCUT2D eigenvalue weighted by molar-refractivity contribution is 0.0659. The average molecular weight is 435 g/mol. The third-order valence-corrected chi connectivity index (χ3v) is 5.60. The first-order valence-corrected chi connectivity index (χ1v) is 10.6. The molecular weight excluding hydrogens is 407 g/mol. The van der Waals surface area contributed by atoms with Crippen molar-refractivity contribution < 1.29 is 9.50 Å². The average Bonchev–Trinajstić information content (AvgIpc) is 3.10. The molecule has 32 heavy (non-hydrogen) atoms. The Hall–Kier alpha value is -3.32. The Bertz CT molecular complexity index is 1390. The molecule has 166 valence electrons. The maximum atomic E-state index is 15.3. The van der Waals surface area contributed by atoms with Crippen molar-refractivity contribution in [1.82, 2.24) is 19.3 Å². The van der Waals surface area contributed by atoms with Crippen LogP contribution in [0.3, 0.4) is 0 Å². The Morgan fingerprint density at radius 1 is 1.12 bits per heavy atom. The van der Waals surface area contributed by atoms with Crippen molar-refractivity contribution in [3.8, 4) is 16.9 Å². The molecule has 0 spiro atoms. The highest BCUT2D eigenvalue weighted by Crippen LogP contribution is 2.31. The molecule has 6 nitrogen and oxygen atoms in total. The van der Waals surface area contributed by atoms with E-state index in [9.17, 15) is 9.90 Å². The highest BCUT2D eigenvalue weighted by atomic mass is 19.1. The van der Waals surface area contributed by atoms with Gasteiger partial charge in [0.2, 0.25) is 0 Å². The summed E-state index contributed by atoms with van der Waals surface area (Å²) in [5, 5.41) is 15.9. The zero-order valence-corrected chi connectivity index (χ0v) is 19.1. The molecule has 0 unspecified atom stereocenters. The predicted octanol–water partition coefficient (Wildman–Crippen LogP) is 4.58. The van der Waals surface area contributed by atoms with E-state index in [0.29, 0.717) is 28.3 Å². The highest BCUT2D eigenvalue weighted by Gasteiger charge is 2.25. The van der Waals surface area contributed by atoms with Crippen LogP contribution in [0.2, 0.25) is 0 Å². The van der Waals surface area contributed by atoms with E-state index in [1.165, 1.54) is 10.7 Å². The van der Waals surface area contributed by atoms with Crippen LogP contribution < -0.4 is 5.56 Å². The number of hydrogen-bond donors (Lipinski definition) is 1. The Morgan fingerprint density at radius 3 is 2.41 bits per heavy atom. The van der Waals surface area contributed by atoms with Crippen molar-refractivity contribution in [1.29, 1.82) is 0 Å². The molecule has 0 aliphatic rings. The minimum Gasteiger partial charge on any atom is -0.383 e. The number of para-hydroxylation sites is 1. The van der Waals surface area contributed by atoms with Gasteiger partial charge in [-0.05, 0) is 50.5 Å². The van der Waals surface area contributed by atoms with Gasteiger partial charge in [0.1, 0.15) is 17.2 Å². The lowest BCUT2D eigenvalue weighted by atomic mass is 9.99. The van der Waals surface area contributed by atoms with Gasteiger partial charge in [-0.25, -0.2) is 9.37 Å². The monoisotopic (exact) mass is 434 g/mol. The molecular formula is C25H27FN4O2. The number of hydrogen-bond acceptors (Lipinski definition) is 4. The van der Waals surface area contributed by atoms with Gasteiger partial charge in [-0.1, -0.05) is 32.0 Å². The maximum absolute atomic E-state index is 15.3. The van der Waals surface area contributed by atoms with Gasteiger partial charge in [0, 0.05) is 24.2 Å². The summed E-state index contributed by atoms with van der Waals surface area (Å²) >= 11 is 0. The van der Waals surface area contributed by atoms with Crippen molar-refractivity contribution in [2.24, 2.45) is 7.05 Å². The molecule has 0 amide bonds. The second-order valence-electron chi connectivity index (χ2n) is 9.04. The molecule has 0 aliphatic heterocycles. The first-order chi connectivity index (χ1) is 15.0. The Morgan fingerprint density at radius 2 is 1.81 bits per heavy atom. The largest absolute Gasteiger partial charge is 0.383 e. The predicted molar refractivity (Wildman–Crippen MR) is 124 cm³/mol. The smallest absolute Gasteiger partial charge is 0.279 e. The van der Waals surface area contributed by atoms with Gasteiger partial charge in [-0.3, -0.25) is 4.79 Å². The third kappa shape index (κ3) is 3.62. The molecule has 0 fully saturated rings. The van der Waals surface area contributed by atoms with Crippen molar-refractivity contribution in [2.45, 2.75) is 46.1 Å². The highest BCUT2D eigenvalue weighted by molar-refractivity contribution is 5.88. The topological polar surface area (TPSA) is 72.9 Å². The van der Waals surface area contributed by atoms with Crippen LogP contribution in [0.5, 0.6) is 0 Å². The maximum Gasteiger partial charge on any atom is 0.279 e. The first-order valence-electron chi connectivity index (χ1n) is 10.6. The van der Waals surface area contributed by atoms with Gasteiger partial charge < -0.3 is 9.67 Å². The second-order valence-corrected chi connectivity index (χ2v) is 9.04. The van der Waals surface area contributed by atoms with Gasteiger partial charge in [-0.2, -0.15) is 9.78 Å². The number of rotatable bonds is 4. The summed E-state index contributed by atoms with van der Waals surface area (Å²) in [7, 11) is 1.75. The lowest BCUT2D eigenvalue weighted by Crippen LogP contribution is -2.24. The van der Waals surface area contributed by atoms with E-state index in [-0.39, 0.29) is 22.4 Å². The molecule has 0 atom stereocenters. The summed E-state index contributed by atoms with van der Waals surface area (Å²) in [6.07, 6.45) is 1.68. The summed E-state index contributed by atoms with van der Waals surface area (Å²) in [5.41, 5.74) is 1.38. The molecule has 4 aromatic rings. The molecule has 0 saturated carbocycles. The molecule has 0 saturated heterocycles. The van der Waals surface area contributed by atoms with Gasteiger partial charge in [-0.15, -0.1) is 0 Å². The van der Waals surface area contributed by atoms with Crippen LogP contribution in [-0.4, -0.2) is 24.4 Å². The molecule has 2 aromatic carbocycles. The van der Waals surface area contributed by atoms with Crippen LogP contribution >= 0.6 is 0 Å². The first kappa shape index (κ1) is 21.9. The number of aromatic nitrogens is 4. The van der Waals surface area contributed by atoms with Gasteiger partial charge in [0.15, 0.2) is 0 Å². The minimum absolute atomic E-state index is 0.00217. The van der Waals surface area contributed by atoms with Gasteiger partial charge in [0.05, 0.1) is 22.5 Å². The zero-order chi connectivity index (χ0) is 23.4. The van der Waals surface area contributed by atoms with E-state index >= 15 is 4.39 Å². The van der Waals surface area contributed by atoms with Crippen LogP contribution in [0.15, 0.2) is 47.4 Å². The van der Waals surface area contributed by atoms with Crippen molar-refractivity contribution in [3.05, 3.63) is 75.8 Å². The quantitative estimate of drug-likeness (QED) is 0.510. The Balaban J connectivity index is 2.01. The zero-order valence-electron chi connectivity index (χ0n) is 19.1. The van der Waals surface area contributed by atoms with Crippen molar-refractivity contribution in [2.75, 3.05) is 0 Å². The molecule has 0 radical (unpaired) electrons. The molecule has 0 aliphatic carbocycles. The fraction of sp³-hybridized carbons (Fsp3) is 0.320. The van der Waals surface area contributed by atoms with E-state index < -0.39 is 11.4 Å². The van der Waals surface area contributed by atoms with E-state index in [2.05, 4.69) is 10.1 Å². The second kappa shape index (κ2) is 7.67. The number of halogens is 1. The Kier molecular flexibility index (Phi) is 5.25. The van der Waals surface area contributed by atoms with Crippen LogP contribution in [-0.2, 0) is 12.6 Å². The molecule has 7 heteroatoms. The van der Waals surface area contributed by atoms with Crippen LogP contribution in [0.4, 0.5) is 4.39 Å². The number of nitrogens with zero attached hydrogens (tertiary/aromatic N) is 4. The van der Waals surface area contributed by atoms with Crippen molar-refractivity contribution >= 4 is 10.8 Å². The normalized spacial score (nSPS) is 12.2. The van der Waals surface area contributed by atoms with E-state index in [4.69, 9.17) is 0 Å². The number of aryl methyl sites for hydroxylation is 2. The standard InChI is InChI=1S/C25H27FN4O2/c1-14(2)22-16-11-18(20-13-29(6)24(27-20)25(4,5)32)19(26)12-17(16)23(31)30(28-22)21-10-8-7-9-15(21)3/h7-14,32H,1-6H3. The summed E-state index contributed by atoms with van der Waals surface area (Å²) in [5.74, 6) is -0.126. The van der Waals surface area contributed by atoms with E-state index in [1.807, 2.05) is 45.0 Å². The summed E-state index contributed by atoms with van der Waals surface area (Å²) < 4.78 is 18.3. The number of aliphatic hydroxyl groups is 1. The summed E-state index contributed by atoms with van der Waals surface area (Å²) in [4.78, 5) is 17.8. The molecule has 2 heterocycles. The van der Waals surface area contributed by atoms with Gasteiger partial charge >= 0.3 is 0 Å². The van der Waals surface area contributed by atoms with E-state index in [1.54, 1.807) is 37.7 Å². The summed E-state index contributed by atoms with van der Waals surface area (Å²) in [6, 6.07) is 10.4. The minimum atomic E-state index is -1.17. The van der Waals surface area contributed by atoms with Crippen LogP contribution in [0.1, 0.15) is 50.7 Å². The van der Waals surface area contributed by atoms with Crippen LogP contribution in [0.25, 0.3) is 27.7 Å². The molecule has 4 rings (SSSR count). The number of imidazole rings is 1. The SMILES string of the molecule is Cc1ccccc1-n1nc(C(C)C)c2cc(-c3cn(C)c(C(C)(C)O)n3)c(F)cc2c1=O. The van der Waals surface area contributed by atoms with Gasteiger partial charge in [0.25, 0.3) is 5.56 Å². The molecule has 1 N–H and O–H groups in total. The summed E-state index contributed by atoms with van der Waals surface area (Å²) in [6.45, 7) is 9.15. The number of benzene rings is 2. The molecule has 0 bridgehead atoms. The fourth-order valence-corrected chi connectivity index (χ4v) is 4.03. The number of fused-ring (bicyclic) bond motifs is 1.